The van der Waals surface area contributed by atoms with Crippen LogP contribution >= 0.6 is 0 Å². The smallest absolute Gasteiger partial charge is 0.212 e. The van der Waals surface area contributed by atoms with Crippen LogP contribution in [-0.2, 0) is 6.54 Å². The normalized spacial score (nSPS) is 11.1. The van der Waals surface area contributed by atoms with Crippen molar-refractivity contribution < 1.29 is 4.74 Å². The molecule has 3 heterocycles. The van der Waals surface area contributed by atoms with E-state index in [1.165, 1.54) is 5.56 Å². The summed E-state index contributed by atoms with van der Waals surface area (Å²) >= 11 is 0. The lowest BCUT2D eigenvalue weighted by molar-refractivity contribution is 0.398. The third-order valence-corrected chi connectivity index (χ3v) is 4.50. The van der Waals surface area contributed by atoms with Gasteiger partial charge in [-0.1, -0.05) is 30.3 Å². The third-order valence-electron chi connectivity index (χ3n) is 4.50. The van der Waals surface area contributed by atoms with E-state index in [9.17, 15) is 0 Å². The van der Waals surface area contributed by atoms with Crippen molar-refractivity contribution >= 4 is 17.0 Å². The quantitative estimate of drug-likeness (QED) is 0.548. The van der Waals surface area contributed by atoms with E-state index in [1.807, 2.05) is 30.3 Å². The summed E-state index contributed by atoms with van der Waals surface area (Å²) in [5, 5.41) is 3.39. The second-order valence-corrected chi connectivity index (χ2v) is 6.72. The Balaban J connectivity index is 1.76. The summed E-state index contributed by atoms with van der Waals surface area (Å²) in [4.78, 5) is 18.1. The van der Waals surface area contributed by atoms with Crippen molar-refractivity contribution in [2.24, 2.45) is 0 Å². The van der Waals surface area contributed by atoms with Crippen LogP contribution in [0.2, 0.25) is 0 Å². The molecule has 0 bridgehead atoms. The summed E-state index contributed by atoms with van der Waals surface area (Å²) in [5.74, 6) is 2.10. The minimum atomic E-state index is 0.180. The molecule has 0 unspecified atom stereocenters. The SMILES string of the molecule is COc1ccc(-c2nc3c(NCc4ccccc4)ncnc3n2C(C)C)cn1. The fraction of sp³-hybridized carbons (Fsp3) is 0.238. The van der Waals surface area contributed by atoms with Gasteiger partial charge in [0.25, 0.3) is 0 Å². The van der Waals surface area contributed by atoms with E-state index in [0.717, 1.165) is 28.4 Å². The van der Waals surface area contributed by atoms with Gasteiger partial charge in [0, 0.05) is 30.4 Å². The number of pyridine rings is 1. The predicted octanol–water partition coefficient (Wildman–Crippen LogP) is 4.09. The van der Waals surface area contributed by atoms with Crippen molar-refractivity contribution in [2.45, 2.75) is 26.4 Å². The molecule has 0 fully saturated rings. The Kier molecular flexibility index (Phi) is 4.89. The highest BCUT2D eigenvalue weighted by Crippen LogP contribution is 2.30. The summed E-state index contributed by atoms with van der Waals surface area (Å²) in [5.41, 5.74) is 3.63. The average Bonchev–Trinajstić information content (AvgIpc) is 3.13. The number of benzene rings is 1. The molecule has 142 valence electrons. The van der Waals surface area contributed by atoms with Crippen LogP contribution in [-0.4, -0.2) is 31.6 Å². The number of nitrogens with one attached hydrogen (secondary N) is 1. The number of fused-ring (bicyclic) bond motifs is 1. The molecule has 7 heteroatoms. The zero-order valence-electron chi connectivity index (χ0n) is 16.1. The Morgan fingerprint density at radius 3 is 2.54 bits per heavy atom. The molecule has 0 aliphatic heterocycles. The highest BCUT2D eigenvalue weighted by Gasteiger charge is 2.19. The first-order chi connectivity index (χ1) is 13.7. The third kappa shape index (κ3) is 3.38. The van der Waals surface area contributed by atoms with Gasteiger partial charge in [-0.15, -0.1) is 0 Å². The molecule has 28 heavy (non-hydrogen) atoms. The van der Waals surface area contributed by atoms with Crippen molar-refractivity contribution in [3.63, 3.8) is 0 Å². The summed E-state index contributed by atoms with van der Waals surface area (Å²) in [6, 6.07) is 14.2. The number of hydrogen-bond acceptors (Lipinski definition) is 6. The second-order valence-electron chi connectivity index (χ2n) is 6.72. The second kappa shape index (κ2) is 7.64. The molecule has 0 saturated heterocycles. The lowest BCUT2D eigenvalue weighted by atomic mass is 10.2. The maximum Gasteiger partial charge on any atom is 0.212 e. The topological polar surface area (TPSA) is 77.8 Å². The van der Waals surface area contributed by atoms with Crippen molar-refractivity contribution in [3.8, 4) is 17.3 Å². The van der Waals surface area contributed by atoms with E-state index in [1.54, 1.807) is 19.6 Å². The van der Waals surface area contributed by atoms with Crippen LogP contribution in [0.15, 0.2) is 55.0 Å². The number of aromatic nitrogens is 5. The fourth-order valence-electron chi connectivity index (χ4n) is 3.15. The number of ether oxygens (including phenoxy) is 1. The molecule has 0 spiro atoms. The lowest BCUT2D eigenvalue weighted by Gasteiger charge is -2.12. The first-order valence-corrected chi connectivity index (χ1v) is 9.18. The number of rotatable bonds is 6. The maximum atomic E-state index is 5.16. The fourth-order valence-corrected chi connectivity index (χ4v) is 3.15. The van der Waals surface area contributed by atoms with E-state index in [-0.39, 0.29) is 6.04 Å². The van der Waals surface area contributed by atoms with Gasteiger partial charge in [0.15, 0.2) is 17.0 Å². The zero-order chi connectivity index (χ0) is 19.5. The molecule has 1 aromatic carbocycles. The minimum Gasteiger partial charge on any atom is -0.481 e. The monoisotopic (exact) mass is 374 g/mol. The van der Waals surface area contributed by atoms with Gasteiger partial charge < -0.3 is 14.6 Å². The zero-order valence-corrected chi connectivity index (χ0v) is 16.1. The van der Waals surface area contributed by atoms with Crippen molar-refractivity contribution in [1.82, 2.24) is 24.5 Å². The van der Waals surface area contributed by atoms with Gasteiger partial charge in [-0.05, 0) is 25.5 Å². The summed E-state index contributed by atoms with van der Waals surface area (Å²) < 4.78 is 7.27. The number of anilines is 1. The summed E-state index contributed by atoms with van der Waals surface area (Å²) in [6.45, 7) is 4.89. The Morgan fingerprint density at radius 2 is 1.86 bits per heavy atom. The van der Waals surface area contributed by atoms with Crippen LogP contribution in [0.25, 0.3) is 22.6 Å². The predicted molar refractivity (Wildman–Crippen MR) is 109 cm³/mol. The average molecular weight is 374 g/mol. The molecule has 0 amide bonds. The van der Waals surface area contributed by atoms with Crippen LogP contribution in [0.4, 0.5) is 5.82 Å². The molecule has 3 aromatic heterocycles. The first-order valence-electron chi connectivity index (χ1n) is 9.18. The Morgan fingerprint density at radius 1 is 1.04 bits per heavy atom. The van der Waals surface area contributed by atoms with Gasteiger partial charge in [0.05, 0.1) is 7.11 Å². The Labute approximate surface area is 163 Å². The molecule has 1 N–H and O–H groups in total. The molecule has 7 nitrogen and oxygen atoms in total. The molecule has 0 saturated carbocycles. The van der Waals surface area contributed by atoms with Crippen LogP contribution in [0.1, 0.15) is 25.5 Å². The van der Waals surface area contributed by atoms with Crippen LogP contribution in [0.3, 0.4) is 0 Å². The van der Waals surface area contributed by atoms with Gasteiger partial charge in [-0.25, -0.2) is 19.9 Å². The van der Waals surface area contributed by atoms with Crippen LogP contribution in [0.5, 0.6) is 5.88 Å². The Bertz CT molecular complexity index is 1070. The molecule has 0 aliphatic rings. The Hall–Kier alpha value is -3.48. The van der Waals surface area contributed by atoms with Crippen molar-refractivity contribution in [2.75, 3.05) is 12.4 Å². The van der Waals surface area contributed by atoms with Crippen LogP contribution in [0, 0.1) is 0 Å². The van der Waals surface area contributed by atoms with E-state index < -0.39 is 0 Å². The molecule has 0 atom stereocenters. The highest BCUT2D eigenvalue weighted by molar-refractivity contribution is 5.86. The molecule has 4 aromatic rings. The first kappa shape index (κ1) is 17.9. The van der Waals surface area contributed by atoms with Gasteiger partial charge in [0.1, 0.15) is 12.2 Å². The molecular weight excluding hydrogens is 352 g/mol. The van der Waals surface area contributed by atoms with Gasteiger partial charge in [-0.3, -0.25) is 0 Å². The number of imidazole rings is 1. The summed E-state index contributed by atoms with van der Waals surface area (Å²) in [7, 11) is 1.60. The van der Waals surface area contributed by atoms with Gasteiger partial charge in [-0.2, -0.15) is 0 Å². The molecule has 4 rings (SSSR count). The molecule has 0 aliphatic carbocycles. The van der Waals surface area contributed by atoms with Crippen LogP contribution < -0.4 is 10.1 Å². The summed E-state index contributed by atoms with van der Waals surface area (Å²) in [6.07, 6.45) is 3.34. The largest absolute Gasteiger partial charge is 0.481 e. The highest BCUT2D eigenvalue weighted by atomic mass is 16.5. The van der Waals surface area contributed by atoms with E-state index in [4.69, 9.17) is 9.72 Å². The van der Waals surface area contributed by atoms with E-state index >= 15 is 0 Å². The van der Waals surface area contributed by atoms with Gasteiger partial charge >= 0.3 is 0 Å². The number of hydrogen-bond donors (Lipinski definition) is 1. The molecular formula is C21H22N6O. The minimum absolute atomic E-state index is 0.180. The molecule has 0 radical (unpaired) electrons. The van der Waals surface area contributed by atoms with E-state index in [0.29, 0.717) is 12.4 Å². The van der Waals surface area contributed by atoms with E-state index in [2.05, 4.69) is 50.8 Å². The van der Waals surface area contributed by atoms with Gasteiger partial charge in [0.2, 0.25) is 5.88 Å². The van der Waals surface area contributed by atoms with Crippen molar-refractivity contribution in [1.29, 1.82) is 0 Å². The lowest BCUT2D eigenvalue weighted by Crippen LogP contribution is -2.05. The standard InChI is InChI=1S/C21H22N6O/c1-14(2)27-20(16-9-10-17(28-3)22-12-16)26-18-19(24-13-25-21(18)27)23-11-15-7-5-4-6-8-15/h4-10,12-14H,11H2,1-3H3,(H,23,24,25). The number of nitrogens with zero attached hydrogens (tertiary/aromatic N) is 5. The number of methoxy groups -OCH3 is 1. The maximum absolute atomic E-state index is 5.16. The van der Waals surface area contributed by atoms with Crippen molar-refractivity contribution in [3.05, 3.63) is 60.6 Å².